The molecule has 11 heteroatoms. The fourth-order valence-corrected chi connectivity index (χ4v) is 2.17. The minimum atomic E-state index is -4.69. The maximum Gasteiger partial charge on any atom is 0.334 e. The maximum absolute atomic E-state index is 12.6. The summed E-state index contributed by atoms with van der Waals surface area (Å²) in [5.74, 6) is -1.40. The molecule has 0 fully saturated rings. The number of nitrogens with one attached hydrogen (secondary N) is 1. The van der Waals surface area contributed by atoms with Gasteiger partial charge in [-0.2, -0.15) is 0 Å². The van der Waals surface area contributed by atoms with Gasteiger partial charge >= 0.3 is 11.4 Å². The second-order valence-electron chi connectivity index (χ2n) is 2.76. The quantitative estimate of drug-likeness (QED) is 0.509. The van der Waals surface area contributed by atoms with Crippen LogP contribution in [0.25, 0.3) is 0 Å². The Morgan fingerprint density at radius 1 is 1.47 bits per heavy atom. The van der Waals surface area contributed by atoms with Crippen molar-refractivity contribution in [3.63, 3.8) is 0 Å². The first-order valence-corrected chi connectivity index (χ1v) is 6.10. The van der Waals surface area contributed by atoms with Gasteiger partial charge < -0.3 is 10.1 Å². The summed E-state index contributed by atoms with van der Waals surface area (Å²) in [6.07, 6.45) is -3.48. The van der Waals surface area contributed by atoms with E-state index in [1.54, 1.807) is 0 Å². The van der Waals surface area contributed by atoms with Crippen LogP contribution in [0.4, 0.5) is 14.6 Å². The molecule has 0 saturated carbocycles. The molecule has 0 unspecified atom stereocenters. The van der Waals surface area contributed by atoms with Crippen molar-refractivity contribution >= 4 is 25.6 Å². The molecule has 1 aromatic heterocycles. The van der Waals surface area contributed by atoms with Crippen molar-refractivity contribution < 1.29 is 22.1 Å². The Balaban J connectivity index is 3.83. The van der Waals surface area contributed by atoms with Crippen LogP contribution in [0.2, 0.25) is 0 Å². The van der Waals surface area contributed by atoms with Gasteiger partial charge in [0.1, 0.15) is 10.5 Å². The van der Waals surface area contributed by atoms with Crippen molar-refractivity contribution in [2.24, 2.45) is 0 Å². The second-order valence-corrected chi connectivity index (χ2v) is 5.29. The summed E-state index contributed by atoms with van der Waals surface area (Å²) in [6, 6.07) is 0.261. The summed E-state index contributed by atoms with van der Waals surface area (Å²) < 4.78 is 47.0. The number of rotatable bonds is 3. The fraction of sp³-hybridized carbons (Fsp3) is 0.167. The zero-order valence-corrected chi connectivity index (χ0v) is 9.26. The molecule has 0 bridgehead atoms. The van der Waals surface area contributed by atoms with Crippen LogP contribution in [-0.2, 0) is 9.05 Å². The van der Waals surface area contributed by atoms with Crippen LogP contribution in [0.3, 0.4) is 0 Å². The smallest absolute Gasteiger partial charge is 0.334 e. The fourth-order valence-electron chi connectivity index (χ4n) is 1.09. The Bertz CT molecular complexity index is 626. The van der Waals surface area contributed by atoms with E-state index >= 15 is 0 Å². The Labute approximate surface area is 96.6 Å². The standard InChI is InChI=1S/C6H3ClF2N2O5S/c7-17(15,16)2-1-3(12)10-6(11(13)14)4(2)5(8)9/h1,5H,(H,10,12). The normalized spacial score (nSPS) is 11.8. The number of pyridine rings is 1. The van der Waals surface area contributed by atoms with Gasteiger partial charge in [-0.1, -0.05) is 0 Å². The first-order valence-electron chi connectivity index (χ1n) is 3.79. The van der Waals surface area contributed by atoms with Gasteiger partial charge in [0.25, 0.3) is 15.5 Å². The number of alkyl halides is 2. The van der Waals surface area contributed by atoms with Crippen molar-refractivity contribution in [2.45, 2.75) is 11.3 Å². The lowest BCUT2D eigenvalue weighted by Crippen LogP contribution is -2.15. The molecule has 1 aromatic rings. The van der Waals surface area contributed by atoms with E-state index in [0.717, 1.165) is 0 Å². The van der Waals surface area contributed by atoms with Crippen LogP contribution in [-0.4, -0.2) is 18.3 Å². The molecule has 1 rings (SSSR count). The lowest BCUT2D eigenvalue weighted by atomic mass is 10.2. The van der Waals surface area contributed by atoms with E-state index in [1.165, 1.54) is 4.98 Å². The molecule has 0 aliphatic carbocycles. The summed E-state index contributed by atoms with van der Waals surface area (Å²) in [7, 11) is 0.131. The molecule has 0 spiro atoms. The largest absolute Gasteiger partial charge is 0.358 e. The number of nitrogens with zero attached hydrogens (tertiary/aromatic N) is 1. The van der Waals surface area contributed by atoms with E-state index in [4.69, 9.17) is 10.7 Å². The number of aromatic amines is 1. The summed E-state index contributed by atoms with van der Waals surface area (Å²) in [6.45, 7) is 0. The first-order chi connectivity index (χ1) is 7.64. The number of hydrogen-bond acceptors (Lipinski definition) is 5. The SMILES string of the molecule is O=c1cc(S(=O)(=O)Cl)c(C(F)F)c([N+](=O)[O-])[nH]1. The topological polar surface area (TPSA) is 110 Å². The van der Waals surface area contributed by atoms with E-state index in [9.17, 15) is 32.1 Å². The predicted molar refractivity (Wildman–Crippen MR) is 51.7 cm³/mol. The van der Waals surface area contributed by atoms with Gasteiger partial charge in [-0.25, -0.2) is 27.0 Å². The van der Waals surface area contributed by atoms with Crippen molar-refractivity contribution in [3.8, 4) is 0 Å². The zero-order valence-electron chi connectivity index (χ0n) is 7.69. The van der Waals surface area contributed by atoms with Crippen molar-refractivity contribution in [1.29, 1.82) is 0 Å². The molecule has 0 saturated heterocycles. The number of hydrogen-bond donors (Lipinski definition) is 1. The van der Waals surface area contributed by atoms with Crippen molar-refractivity contribution in [1.82, 2.24) is 4.98 Å². The van der Waals surface area contributed by atoms with E-state index in [-0.39, 0.29) is 6.07 Å². The highest BCUT2D eigenvalue weighted by atomic mass is 35.7. The third-order valence-corrected chi connectivity index (χ3v) is 3.05. The van der Waals surface area contributed by atoms with E-state index in [1.807, 2.05) is 0 Å². The average molecular weight is 289 g/mol. The zero-order chi connectivity index (χ0) is 13.4. The summed E-state index contributed by atoms with van der Waals surface area (Å²) in [5, 5.41) is 10.4. The van der Waals surface area contributed by atoms with Crippen LogP contribution < -0.4 is 5.56 Å². The van der Waals surface area contributed by atoms with E-state index in [2.05, 4.69) is 0 Å². The summed E-state index contributed by atoms with van der Waals surface area (Å²) >= 11 is 0. The Hall–Kier alpha value is -1.55. The van der Waals surface area contributed by atoms with Gasteiger partial charge in [0.05, 0.1) is 0 Å². The van der Waals surface area contributed by atoms with Crippen molar-refractivity contribution in [2.75, 3.05) is 0 Å². The molecule has 1 N–H and O–H groups in total. The average Bonchev–Trinajstić information content (AvgIpc) is 2.14. The van der Waals surface area contributed by atoms with Gasteiger partial charge in [-0.3, -0.25) is 0 Å². The van der Waals surface area contributed by atoms with Gasteiger partial charge in [-0.05, 0) is 4.92 Å². The molecule has 0 aromatic carbocycles. The highest BCUT2D eigenvalue weighted by molar-refractivity contribution is 8.13. The monoisotopic (exact) mass is 288 g/mol. The number of nitro groups is 1. The second kappa shape index (κ2) is 4.37. The highest BCUT2D eigenvalue weighted by Crippen LogP contribution is 2.33. The Morgan fingerprint density at radius 2 is 2.00 bits per heavy atom. The van der Waals surface area contributed by atoms with E-state index < -0.39 is 42.2 Å². The van der Waals surface area contributed by atoms with Gasteiger partial charge in [0.15, 0.2) is 0 Å². The van der Waals surface area contributed by atoms with Crippen LogP contribution >= 0.6 is 10.7 Å². The summed E-state index contributed by atoms with van der Waals surface area (Å²) in [4.78, 5) is 20.2. The lowest BCUT2D eigenvalue weighted by Gasteiger charge is -2.06. The molecular weight excluding hydrogens is 286 g/mol. The number of aromatic nitrogens is 1. The molecule has 7 nitrogen and oxygen atoms in total. The molecule has 1 heterocycles. The van der Waals surface area contributed by atoms with Gasteiger partial charge in [-0.15, -0.1) is 0 Å². The molecule has 0 aliphatic heterocycles. The van der Waals surface area contributed by atoms with Crippen LogP contribution in [0.15, 0.2) is 15.8 Å². The molecule has 0 amide bonds. The van der Waals surface area contributed by atoms with Crippen LogP contribution in [0.1, 0.15) is 12.0 Å². The lowest BCUT2D eigenvalue weighted by molar-refractivity contribution is -0.391. The number of H-pyrrole nitrogens is 1. The molecule has 0 atom stereocenters. The van der Waals surface area contributed by atoms with Crippen LogP contribution in [0, 0.1) is 10.1 Å². The number of halogens is 3. The third kappa shape index (κ3) is 2.77. The molecule has 0 radical (unpaired) electrons. The predicted octanol–water partition coefficient (Wildman–Crippen LogP) is 1.15. The summed E-state index contributed by atoms with van der Waals surface area (Å²) in [5.41, 5.74) is -2.66. The Kier molecular flexibility index (Phi) is 3.48. The third-order valence-electron chi connectivity index (χ3n) is 1.69. The maximum atomic E-state index is 12.6. The van der Waals surface area contributed by atoms with Gasteiger partial charge in [0.2, 0.25) is 0 Å². The molecule has 94 valence electrons. The minimum absolute atomic E-state index is 0.261. The Morgan fingerprint density at radius 3 is 2.35 bits per heavy atom. The van der Waals surface area contributed by atoms with E-state index in [0.29, 0.717) is 0 Å². The highest BCUT2D eigenvalue weighted by Gasteiger charge is 2.31. The molecule has 17 heavy (non-hydrogen) atoms. The van der Waals surface area contributed by atoms with Gasteiger partial charge in [0, 0.05) is 16.7 Å². The molecular formula is C6H3ClF2N2O5S. The minimum Gasteiger partial charge on any atom is -0.358 e. The van der Waals surface area contributed by atoms with Crippen LogP contribution in [0.5, 0.6) is 0 Å². The van der Waals surface area contributed by atoms with Crippen molar-refractivity contribution in [3.05, 3.63) is 32.1 Å². The first kappa shape index (κ1) is 13.5. The molecule has 0 aliphatic rings.